The fraction of sp³-hybridized carbons (Fsp3) is 0.333. The molecule has 0 heterocycles. The first-order valence-corrected chi connectivity index (χ1v) is 9.83. The van der Waals surface area contributed by atoms with Crippen LogP contribution < -0.4 is 10.1 Å². The second-order valence-corrected chi connectivity index (χ2v) is 7.81. The summed E-state index contributed by atoms with van der Waals surface area (Å²) in [6, 6.07) is 15.1. The average molecular weight is 388 g/mol. The van der Waals surface area contributed by atoms with E-state index >= 15 is 0 Å². The minimum Gasteiger partial charge on any atom is -0.497 e. The van der Waals surface area contributed by atoms with Gasteiger partial charge in [0.05, 0.1) is 18.9 Å². The maximum absolute atomic E-state index is 12.8. The summed E-state index contributed by atoms with van der Waals surface area (Å²) in [5.74, 6) is 1.14. The van der Waals surface area contributed by atoms with Crippen LogP contribution in [0.5, 0.6) is 5.75 Å². The van der Waals surface area contributed by atoms with Crippen molar-refractivity contribution in [1.29, 1.82) is 0 Å². The molecule has 0 saturated carbocycles. The Morgan fingerprint density at radius 1 is 1.15 bits per heavy atom. The van der Waals surface area contributed by atoms with E-state index in [1.165, 1.54) is 0 Å². The van der Waals surface area contributed by atoms with Crippen LogP contribution in [-0.2, 0) is 20.8 Å². The second kappa shape index (κ2) is 9.46. The summed E-state index contributed by atoms with van der Waals surface area (Å²) >= 11 is 1.56. The number of aliphatic carboxylic acids is 1. The van der Waals surface area contributed by atoms with Gasteiger partial charge in [0.25, 0.3) is 0 Å². The van der Waals surface area contributed by atoms with Gasteiger partial charge in [-0.05, 0) is 49.2 Å². The minimum absolute atomic E-state index is 0.0941. The molecule has 0 spiro atoms. The van der Waals surface area contributed by atoms with Crippen LogP contribution in [0.25, 0.3) is 0 Å². The number of benzene rings is 2. The molecule has 0 fully saturated rings. The van der Waals surface area contributed by atoms with E-state index in [9.17, 15) is 9.59 Å². The summed E-state index contributed by atoms with van der Waals surface area (Å²) in [7, 11) is 1.61. The number of carbonyl (C=O) groups is 2. The number of carboxylic acid groups (broad SMARTS) is 1. The van der Waals surface area contributed by atoms with E-state index in [1.54, 1.807) is 18.9 Å². The maximum Gasteiger partial charge on any atom is 0.304 e. The molecule has 27 heavy (non-hydrogen) atoms. The highest BCUT2D eigenvalue weighted by Crippen LogP contribution is 2.27. The summed E-state index contributed by atoms with van der Waals surface area (Å²) in [5.41, 5.74) is 1.99. The Morgan fingerprint density at radius 2 is 1.85 bits per heavy atom. The lowest BCUT2D eigenvalue weighted by Gasteiger charge is -2.24. The van der Waals surface area contributed by atoms with Gasteiger partial charge in [-0.3, -0.25) is 9.59 Å². The predicted octanol–water partition coefficient (Wildman–Crippen LogP) is 4.32. The number of methoxy groups -OCH3 is 1. The molecule has 2 rings (SSSR count). The monoisotopic (exact) mass is 387 g/mol. The normalized spacial score (nSPS) is 11.1. The van der Waals surface area contributed by atoms with Crippen LogP contribution in [0.15, 0.2) is 48.5 Å². The highest BCUT2D eigenvalue weighted by molar-refractivity contribution is 7.98. The fourth-order valence-electron chi connectivity index (χ4n) is 2.51. The lowest BCUT2D eigenvalue weighted by Crippen LogP contribution is -2.34. The van der Waals surface area contributed by atoms with Gasteiger partial charge in [0.1, 0.15) is 5.75 Å². The zero-order valence-corrected chi connectivity index (χ0v) is 16.6. The third-order valence-corrected chi connectivity index (χ3v) is 5.32. The molecule has 144 valence electrons. The van der Waals surface area contributed by atoms with Gasteiger partial charge in [0, 0.05) is 17.2 Å². The number of hydrogen-bond donors (Lipinski definition) is 2. The van der Waals surface area contributed by atoms with E-state index in [4.69, 9.17) is 9.84 Å². The average Bonchev–Trinajstić information content (AvgIpc) is 2.65. The van der Waals surface area contributed by atoms with Gasteiger partial charge in [0.15, 0.2) is 0 Å². The molecule has 0 bridgehead atoms. The molecule has 1 amide bonds. The Bertz CT molecular complexity index is 787. The van der Waals surface area contributed by atoms with Crippen molar-refractivity contribution in [3.8, 4) is 5.75 Å². The zero-order chi connectivity index (χ0) is 19.9. The number of ether oxygens (including phenoxy) is 1. The quantitative estimate of drug-likeness (QED) is 0.627. The first-order valence-electron chi connectivity index (χ1n) is 8.67. The molecular formula is C21H25NO4S. The molecule has 0 aliphatic carbocycles. The first kappa shape index (κ1) is 20.8. The van der Waals surface area contributed by atoms with Crippen molar-refractivity contribution in [2.45, 2.75) is 31.4 Å². The standard InChI is InChI=1S/C21H25NO4S/c1-21(2,16-7-9-18(26-3)10-8-16)20(25)22-17-6-4-5-15(13-17)14-27-12-11-19(23)24/h4-10,13H,11-12,14H2,1-3H3,(H,22,25)(H,23,24). The molecule has 5 nitrogen and oxygen atoms in total. The SMILES string of the molecule is COc1ccc(C(C)(C)C(=O)Nc2cccc(CSCCC(=O)O)c2)cc1. The van der Waals surface area contributed by atoms with E-state index in [1.807, 2.05) is 62.4 Å². The number of amides is 1. The fourth-order valence-corrected chi connectivity index (χ4v) is 3.39. The van der Waals surface area contributed by atoms with E-state index in [2.05, 4.69) is 5.32 Å². The highest BCUT2D eigenvalue weighted by Gasteiger charge is 2.29. The lowest BCUT2D eigenvalue weighted by atomic mass is 9.83. The summed E-state index contributed by atoms with van der Waals surface area (Å²) in [4.78, 5) is 23.4. The molecule has 0 unspecified atom stereocenters. The number of rotatable bonds is 9. The van der Waals surface area contributed by atoms with Gasteiger partial charge in [-0.15, -0.1) is 0 Å². The summed E-state index contributed by atoms with van der Waals surface area (Å²) < 4.78 is 5.17. The van der Waals surface area contributed by atoms with Crippen LogP contribution in [0.1, 0.15) is 31.4 Å². The molecule has 0 aromatic heterocycles. The van der Waals surface area contributed by atoms with E-state index in [0.29, 0.717) is 11.5 Å². The van der Waals surface area contributed by atoms with Crippen molar-refractivity contribution in [1.82, 2.24) is 0 Å². The Morgan fingerprint density at radius 3 is 2.48 bits per heavy atom. The predicted molar refractivity (Wildman–Crippen MR) is 110 cm³/mol. The van der Waals surface area contributed by atoms with Crippen LogP contribution in [0.4, 0.5) is 5.69 Å². The largest absolute Gasteiger partial charge is 0.497 e. The Balaban J connectivity index is 2.01. The van der Waals surface area contributed by atoms with Crippen LogP contribution >= 0.6 is 11.8 Å². The van der Waals surface area contributed by atoms with Gasteiger partial charge >= 0.3 is 5.97 Å². The molecule has 0 radical (unpaired) electrons. The van der Waals surface area contributed by atoms with E-state index < -0.39 is 11.4 Å². The van der Waals surface area contributed by atoms with Crippen molar-refractivity contribution < 1.29 is 19.4 Å². The van der Waals surface area contributed by atoms with Crippen LogP contribution in [0.3, 0.4) is 0 Å². The number of carbonyl (C=O) groups excluding carboxylic acids is 1. The third kappa shape index (κ3) is 6.03. The van der Waals surface area contributed by atoms with E-state index in [0.717, 1.165) is 22.6 Å². The maximum atomic E-state index is 12.8. The second-order valence-electron chi connectivity index (χ2n) is 6.70. The molecule has 0 aliphatic heterocycles. The molecule has 2 aromatic carbocycles. The lowest BCUT2D eigenvalue weighted by molar-refractivity contribution is -0.136. The van der Waals surface area contributed by atoms with Gasteiger partial charge in [0.2, 0.25) is 5.91 Å². The molecule has 0 saturated heterocycles. The smallest absolute Gasteiger partial charge is 0.304 e. The summed E-state index contributed by atoms with van der Waals surface area (Å²) in [6.45, 7) is 3.77. The summed E-state index contributed by atoms with van der Waals surface area (Å²) in [6.07, 6.45) is 0.150. The molecule has 0 aliphatic rings. The number of carboxylic acids is 1. The van der Waals surface area contributed by atoms with Gasteiger partial charge in [-0.25, -0.2) is 0 Å². The van der Waals surface area contributed by atoms with Crippen molar-refractivity contribution in [2.75, 3.05) is 18.2 Å². The van der Waals surface area contributed by atoms with Gasteiger partial charge in [-0.1, -0.05) is 24.3 Å². The molecule has 0 atom stereocenters. The Labute approximate surface area is 164 Å². The van der Waals surface area contributed by atoms with Crippen molar-refractivity contribution in [2.24, 2.45) is 0 Å². The molecule has 2 N–H and O–H groups in total. The van der Waals surface area contributed by atoms with Gasteiger partial charge < -0.3 is 15.2 Å². The zero-order valence-electron chi connectivity index (χ0n) is 15.8. The van der Waals surface area contributed by atoms with Crippen molar-refractivity contribution in [3.05, 3.63) is 59.7 Å². The first-order chi connectivity index (χ1) is 12.8. The summed E-state index contributed by atoms with van der Waals surface area (Å²) in [5, 5.41) is 11.7. The number of nitrogens with one attached hydrogen (secondary N) is 1. The van der Waals surface area contributed by atoms with Crippen LogP contribution in [0, 0.1) is 0 Å². The Hall–Kier alpha value is -2.47. The van der Waals surface area contributed by atoms with Crippen LogP contribution in [0.2, 0.25) is 0 Å². The molecule has 2 aromatic rings. The Kier molecular flexibility index (Phi) is 7.30. The van der Waals surface area contributed by atoms with Crippen LogP contribution in [-0.4, -0.2) is 29.8 Å². The highest BCUT2D eigenvalue weighted by atomic mass is 32.2. The van der Waals surface area contributed by atoms with E-state index in [-0.39, 0.29) is 12.3 Å². The van der Waals surface area contributed by atoms with Crippen molar-refractivity contribution in [3.63, 3.8) is 0 Å². The number of anilines is 1. The number of hydrogen-bond acceptors (Lipinski definition) is 4. The number of thioether (sulfide) groups is 1. The van der Waals surface area contributed by atoms with Gasteiger partial charge in [-0.2, -0.15) is 11.8 Å². The van der Waals surface area contributed by atoms with Crippen molar-refractivity contribution >= 4 is 29.3 Å². The molecule has 6 heteroatoms. The topological polar surface area (TPSA) is 75.6 Å². The molecular weight excluding hydrogens is 362 g/mol. The minimum atomic E-state index is -0.788. The third-order valence-electron chi connectivity index (χ3n) is 4.29.